The topological polar surface area (TPSA) is 62.5 Å². The molecule has 5 nitrogen and oxygen atoms in total. The summed E-state index contributed by atoms with van der Waals surface area (Å²) in [6, 6.07) is 3.64. The highest BCUT2D eigenvalue weighted by Gasteiger charge is 2.26. The van der Waals surface area contributed by atoms with Gasteiger partial charge >= 0.3 is 0 Å². The second kappa shape index (κ2) is 6.70. The van der Waals surface area contributed by atoms with E-state index in [1.807, 2.05) is 4.90 Å². The Hall–Kier alpha value is -1.62. The number of hydrogen-bond acceptors (Lipinski definition) is 3. The van der Waals surface area contributed by atoms with Crippen LogP contribution >= 0.6 is 0 Å². The lowest BCUT2D eigenvalue weighted by atomic mass is 9.99. The molecule has 0 saturated carbocycles. The summed E-state index contributed by atoms with van der Waals surface area (Å²) in [6.45, 7) is 2.66. The number of aliphatic hydroxyl groups is 1. The van der Waals surface area contributed by atoms with Crippen molar-refractivity contribution >= 4 is 5.91 Å². The van der Waals surface area contributed by atoms with Crippen LogP contribution < -0.4 is 5.56 Å². The van der Waals surface area contributed by atoms with Crippen LogP contribution in [0.5, 0.6) is 0 Å². The van der Waals surface area contributed by atoms with Crippen molar-refractivity contribution in [2.45, 2.75) is 45.2 Å². The van der Waals surface area contributed by atoms with Crippen molar-refractivity contribution in [1.29, 1.82) is 0 Å². The summed E-state index contributed by atoms with van der Waals surface area (Å²) >= 11 is 0. The van der Waals surface area contributed by atoms with Crippen LogP contribution in [-0.4, -0.2) is 39.7 Å². The fourth-order valence-electron chi connectivity index (χ4n) is 2.80. The van der Waals surface area contributed by atoms with E-state index >= 15 is 0 Å². The number of aromatic nitrogens is 1. The molecular weight excluding hydrogens is 256 g/mol. The normalized spacial score (nSPS) is 19.1. The Morgan fingerprint density at radius 1 is 1.45 bits per heavy atom. The van der Waals surface area contributed by atoms with Crippen LogP contribution in [0.15, 0.2) is 23.1 Å². The predicted molar refractivity (Wildman–Crippen MR) is 76.5 cm³/mol. The van der Waals surface area contributed by atoms with E-state index < -0.39 is 0 Å². The van der Waals surface area contributed by atoms with Crippen molar-refractivity contribution in [3.05, 3.63) is 34.2 Å². The first-order valence-corrected chi connectivity index (χ1v) is 7.20. The SMILES string of the molecule is Cc1cccn(CC(=O)N2CCCCC2CCO)c1=O. The first-order valence-electron chi connectivity index (χ1n) is 7.20. The lowest BCUT2D eigenvalue weighted by Gasteiger charge is -2.35. The minimum Gasteiger partial charge on any atom is -0.396 e. The number of likely N-dealkylation sites (tertiary alicyclic amines) is 1. The maximum atomic E-state index is 12.4. The standard InChI is InChI=1S/C15H22N2O3/c1-12-5-4-8-16(15(12)20)11-14(19)17-9-3-2-6-13(17)7-10-18/h4-5,8,13,18H,2-3,6-7,9-11H2,1H3. The Kier molecular flexibility index (Phi) is 4.95. The number of piperidine rings is 1. The van der Waals surface area contributed by atoms with Crippen LogP contribution in [-0.2, 0) is 11.3 Å². The number of nitrogens with zero attached hydrogens (tertiary/aromatic N) is 2. The van der Waals surface area contributed by atoms with E-state index in [4.69, 9.17) is 5.11 Å². The van der Waals surface area contributed by atoms with E-state index in [9.17, 15) is 9.59 Å². The second-order valence-electron chi connectivity index (χ2n) is 5.37. The molecule has 20 heavy (non-hydrogen) atoms. The largest absolute Gasteiger partial charge is 0.396 e. The monoisotopic (exact) mass is 278 g/mol. The number of aliphatic hydroxyl groups excluding tert-OH is 1. The van der Waals surface area contributed by atoms with E-state index in [1.165, 1.54) is 4.57 Å². The molecule has 1 unspecified atom stereocenters. The molecule has 0 aliphatic carbocycles. The molecule has 1 fully saturated rings. The molecule has 5 heteroatoms. The van der Waals surface area contributed by atoms with Crippen LogP contribution in [0, 0.1) is 6.92 Å². The molecule has 2 rings (SSSR count). The molecule has 0 spiro atoms. The van der Waals surface area contributed by atoms with Crippen molar-refractivity contribution in [3.63, 3.8) is 0 Å². The summed E-state index contributed by atoms with van der Waals surface area (Å²) < 4.78 is 1.46. The number of carbonyl (C=O) groups is 1. The lowest BCUT2D eigenvalue weighted by Crippen LogP contribution is -2.46. The van der Waals surface area contributed by atoms with Crippen LogP contribution in [0.25, 0.3) is 0 Å². The fraction of sp³-hybridized carbons (Fsp3) is 0.600. The zero-order chi connectivity index (χ0) is 14.5. The number of carbonyl (C=O) groups excluding carboxylic acids is 1. The summed E-state index contributed by atoms with van der Waals surface area (Å²) in [7, 11) is 0. The molecule has 0 aromatic carbocycles. The van der Waals surface area contributed by atoms with Crippen LogP contribution in [0.3, 0.4) is 0 Å². The van der Waals surface area contributed by atoms with Gasteiger partial charge in [-0.2, -0.15) is 0 Å². The average molecular weight is 278 g/mol. The highest BCUT2D eigenvalue weighted by Crippen LogP contribution is 2.19. The maximum absolute atomic E-state index is 12.4. The number of amides is 1. The van der Waals surface area contributed by atoms with E-state index in [1.54, 1.807) is 25.3 Å². The zero-order valence-corrected chi connectivity index (χ0v) is 11.9. The second-order valence-corrected chi connectivity index (χ2v) is 5.37. The third-order valence-corrected chi connectivity index (χ3v) is 3.93. The van der Waals surface area contributed by atoms with Gasteiger partial charge < -0.3 is 14.6 Å². The quantitative estimate of drug-likeness (QED) is 0.891. The number of hydrogen-bond donors (Lipinski definition) is 1. The van der Waals surface area contributed by atoms with Gasteiger partial charge in [0.05, 0.1) is 0 Å². The Bertz CT molecular complexity index is 522. The molecule has 1 atom stereocenters. The van der Waals surface area contributed by atoms with Crippen molar-refractivity contribution < 1.29 is 9.90 Å². The zero-order valence-electron chi connectivity index (χ0n) is 11.9. The van der Waals surface area contributed by atoms with Gasteiger partial charge in [0.2, 0.25) is 5.91 Å². The Morgan fingerprint density at radius 2 is 2.25 bits per heavy atom. The van der Waals surface area contributed by atoms with Gasteiger partial charge in [-0.25, -0.2) is 0 Å². The summed E-state index contributed by atoms with van der Waals surface area (Å²) in [6.07, 6.45) is 5.30. The van der Waals surface area contributed by atoms with Gasteiger partial charge in [0.25, 0.3) is 5.56 Å². The van der Waals surface area contributed by atoms with E-state index in [2.05, 4.69) is 0 Å². The first-order chi connectivity index (χ1) is 9.63. The van der Waals surface area contributed by atoms with E-state index in [0.29, 0.717) is 12.0 Å². The average Bonchev–Trinajstić information content (AvgIpc) is 2.45. The van der Waals surface area contributed by atoms with E-state index in [-0.39, 0.29) is 30.7 Å². The minimum absolute atomic E-state index is 0.0316. The summed E-state index contributed by atoms with van der Waals surface area (Å²) in [5.41, 5.74) is 0.530. The van der Waals surface area contributed by atoms with Crippen molar-refractivity contribution in [1.82, 2.24) is 9.47 Å². The molecular formula is C15H22N2O3. The van der Waals surface area contributed by atoms with Gasteiger partial charge in [0.15, 0.2) is 0 Å². The van der Waals surface area contributed by atoms with Crippen molar-refractivity contribution in [3.8, 4) is 0 Å². The number of aryl methyl sites for hydroxylation is 1. The first kappa shape index (κ1) is 14.8. The van der Waals surface area contributed by atoms with E-state index in [0.717, 1.165) is 25.8 Å². The third kappa shape index (κ3) is 3.28. The summed E-state index contributed by atoms with van der Waals surface area (Å²) in [5, 5.41) is 9.10. The smallest absolute Gasteiger partial charge is 0.253 e. The minimum atomic E-state index is -0.114. The van der Waals surface area contributed by atoms with Gasteiger partial charge in [0.1, 0.15) is 6.54 Å². The van der Waals surface area contributed by atoms with Crippen LogP contribution in [0.2, 0.25) is 0 Å². The van der Waals surface area contributed by atoms with Crippen molar-refractivity contribution in [2.24, 2.45) is 0 Å². The number of pyridine rings is 1. The maximum Gasteiger partial charge on any atom is 0.253 e. The Balaban J connectivity index is 2.10. The summed E-state index contributed by atoms with van der Waals surface area (Å²) in [5.74, 6) is -0.0316. The van der Waals surface area contributed by atoms with Crippen LogP contribution in [0.4, 0.5) is 0 Å². The van der Waals surface area contributed by atoms with Crippen molar-refractivity contribution in [2.75, 3.05) is 13.2 Å². The summed E-state index contributed by atoms with van der Waals surface area (Å²) in [4.78, 5) is 26.2. The molecule has 110 valence electrons. The Labute approximate surface area is 118 Å². The molecule has 1 saturated heterocycles. The third-order valence-electron chi connectivity index (χ3n) is 3.93. The molecule has 1 amide bonds. The molecule has 1 aliphatic rings. The van der Waals surface area contributed by atoms with Gasteiger partial charge in [0, 0.05) is 31.0 Å². The highest BCUT2D eigenvalue weighted by atomic mass is 16.3. The fourth-order valence-corrected chi connectivity index (χ4v) is 2.80. The molecule has 2 heterocycles. The molecule has 1 aliphatic heterocycles. The Morgan fingerprint density at radius 3 is 3.00 bits per heavy atom. The highest BCUT2D eigenvalue weighted by molar-refractivity contribution is 5.76. The number of rotatable bonds is 4. The van der Waals surface area contributed by atoms with Gasteiger partial charge in [-0.05, 0) is 38.7 Å². The van der Waals surface area contributed by atoms with Gasteiger partial charge in [-0.1, -0.05) is 6.07 Å². The van der Waals surface area contributed by atoms with Gasteiger partial charge in [-0.3, -0.25) is 9.59 Å². The molecule has 1 aromatic rings. The molecule has 0 bridgehead atoms. The lowest BCUT2D eigenvalue weighted by molar-refractivity contribution is -0.135. The molecule has 1 N–H and O–H groups in total. The van der Waals surface area contributed by atoms with Gasteiger partial charge in [-0.15, -0.1) is 0 Å². The molecule has 0 radical (unpaired) electrons. The van der Waals surface area contributed by atoms with Crippen LogP contribution in [0.1, 0.15) is 31.2 Å². The predicted octanol–water partition coefficient (Wildman–Crippen LogP) is 0.920. The molecule has 1 aromatic heterocycles.